The summed E-state index contributed by atoms with van der Waals surface area (Å²) in [6.07, 6.45) is -0.165. The van der Waals surface area contributed by atoms with E-state index in [0.717, 1.165) is 17.5 Å². The summed E-state index contributed by atoms with van der Waals surface area (Å²) >= 11 is 0. The first-order valence-corrected chi connectivity index (χ1v) is 8.84. The van der Waals surface area contributed by atoms with Crippen LogP contribution in [0.3, 0.4) is 0 Å². The van der Waals surface area contributed by atoms with E-state index in [1.165, 1.54) is 6.92 Å². The molecule has 0 saturated carbocycles. The molecule has 2 aromatic rings. The van der Waals surface area contributed by atoms with E-state index in [1.54, 1.807) is 36.4 Å². The van der Waals surface area contributed by atoms with Crippen LogP contribution in [0.15, 0.2) is 54.6 Å². The summed E-state index contributed by atoms with van der Waals surface area (Å²) in [7, 11) is 0. The Morgan fingerprint density at radius 2 is 1.67 bits per heavy atom. The molecule has 2 aromatic carbocycles. The van der Waals surface area contributed by atoms with Crippen LogP contribution in [0.1, 0.15) is 47.8 Å². The number of hydrogen-bond acceptors (Lipinski definition) is 4. The minimum absolute atomic E-state index is 0.126. The summed E-state index contributed by atoms with van der Waals surface area (Å²) < 4.78 is 5.28. The molecule has 0 fully saturated rings. The van der Waals surface area contributed by atoms with Crippen LogP contribution in [0.5, 0.6) is 0 Å². The molecule has 6 heteroatoms. The van der Waals surface area contributed by atoms with Gasteiger partial charge in [0.25, 0.3) is 0 Å². The van der Waals surface area contributed by atoms with Crippen LogP contribution in [0.2, 0.25) is 0 Å². The van der Waals surface area contributed by atoms with Gasteiger partial charge in [-0.1, -0.05) is 61.5 Å². The highest BCUT2D eigenvalue weighted by molar-refractivity contribution is 6.00. The number of carbonyl (C=O) groups excluding carboxylic acids is 3. The summed E-state index contributed by atoms with van der Waals surface area (Å²) in [6.45, 7) is 3.57. The maximum absolute atomic E-state index is 12.4. The van der Waals surface area contributed by atoms with E-state index in [0.29, 0.717) is 5.56 Å². The average molecular weight is 368 g/mol. The van der Waals surface area contributed by atoms with Crippen molar-refractivity contribution < 1.29 is 19.1 Å². The van der Waals surface area contributed by atoms with Crippen LogP contribution in [0.4, 0.5) is 4.79 Å². The SMILES string of the molecule is CCc1ccc(C(=O)C(C)OC(=O)CC(NC(N)=O)c2ccccc2)cc1. The van der Waals surface area contributed by atoms with Gasteiger partial charge in [0.1, 0.15) is 0 Å². The molecular formula is C21H24N2O4. The standard InChI is InChI=1S/C21H24N2O4/c1-3-15-9-11-17(12-10-15)20(25)14(2)27-19(24)13-18(23-21(22)26)16-7-5-4-6-8-16/h4-12,14,18H,3,13H2,1-2H3,(H3,22,23,26). The Balaban J connectivity index is 2.00. The molecule has 0 bridgehead atoms. The molecule has 0 aliphatic carbocycles. The molecule has 2 atom stereocenters. The fourth-order valence-corrected chi connectivity index (χ4v) is 2.71. The number of benzene rings is 2. The number of ketones is 1. The molecular weight excluding hydrogens is 344 g/mol. The van der Waals surface area contributed by atoms with Gasteiger partial charge in [-0.25, -0.2) is 4.79 Å². The molecule has 0 heterocycles. The van der Waals surface area contributed by atoms with Gasteiger partial charge in [-0.15, -0.1) is 0 Å². The van der Waals surface area contributed by atoms with E-state index in [9.17, 15) is 14.4 Å². The molecule has 142 valence electrons. The fourth-order valence-electron chi connectivity index (χ4n) is 2.71. The van der Waals surface area contributed by atoms with Gasteiger partial charge < -0.3 is 15.8 Å². The lowest BCUT2D eigenvalue weighted by molar-refractivity contribution is -0.146. The van der Waals surface area contributed by atoms with Crippen molar-refractivity contribution in [2.24, 2.45) is 5.73 Å². The first-order chi connectivity index (χ1) is 12.9. The predicted molar refractivity (Wildman–Crippen MR) is 102 cm³/mol. The van der Waals surface area contributed by atoms with Gasteiger partial charge in [-0.3, -0.25) is 9.59 Å². The summed E-state index contributed by atoms with van der Waals surface area (Å²) in [4.78, 5) is 36.0. The van der Waals surface area contributed by atoms with Crippen LogP contribution in [0.25, 0.3) is 0 Å². The minimum Gasteiger partial charge on any atom is -0.454 e. The maximum atomic E-state index is 12.4. The van der Waals surface area contributed by atoms with Gasteiger partial charge >= 0.3 is 12.0 Å². The van der Waals surface area contributed by atoms with E-state index in [4.69, 9.17) is 10.5 Å². The Bertz CT molecular complexity index is 788. The minimum atomic E-state index is -0.921. The Kier molecular flexibility index (Phi) is 7.11. The van der Waals surface area contributed by atoms with Gasteiger partial charge in [0.2, 0.25) is 5.78 Å². The number of nitrogens with one attached hydrogen (secondary N) is 1. The van der Waals surface area contributed by atoms with Crippen molar-refractivity contribution in [1.82, 2.24) is 5.32 Å². The Morgan fingerprint density at radius 1 is 1.04 bits per heavy atom. The second-order valence-corrected chi connectivity index (χ2v) is 6.22. The summed E-state index contributed by atoms with van der Waals surface area (Å²) in [6, 6.07) is 14.8. The van der Waals surface area contributed by atoms with Crippen molar-refractivity contribution in [3.63, 3.8) is 0 Å². The lowest BCUT2D eigenvalue weighted by Gasteiger charge is -2.19. The zero-order valence-corrected chi connectivity index (χ0v) is 15.5. The number of Topliss-reactive ketones (excluding diaryl/α,β-unsaturated/α-hetero) is 1. The number of carbonyl (C=O) groups is 3. The number of hydrogen-bond donors (Lipinski definition) is 2. The van der Waals surface area contributed by atoms with Gasteiger partial charge in [0.05, 0.1) is 12.5 Å². The van der Waals surface area contributed by atoms with E-state index in [-0.39, 0.29) is 12.2 Å². The number of ether oxygens (including phenoxy) is 1. The van der Waals surface area contributed by atoms with E-state index in [1.807, 2.05) is 25.1 Å². The second-order valence-electron chi connectivity index (χ2n) is 6.22. The maximum Gasteiger partial charge on any atom is 0.312 e. The third kappa shape index (κ3) is 5.95. The molecule has 3 N–H and O–H groups in total. The zero-order chi connectivity index (χ0) is 19.8. The topological polar surface area (TPSA) is 98.5 Å². The molecule has 0 radical (unpaired) electrons. The first kappa shape index (κ1) is 20.2. The Labute approximate surface area is 158 Å². The van der Waals surface area contributed by atoms with Crippen LogP contribution < -0.4 is 11.1 Å². The molecule has 27 heavy (non-hydrogen) atoms. The number of urea groups is 1. The molecule has 0 aliphatic heterocycles. The van der Waals surface area contributed by atoms with Crippen LogP contribution in [-0.2, 0) is 16.0 Å². The molecule has 0 saturated heterocycles. The monoisotopic (exact) mass is 368 g/mol. The molecule has 0 spiro atoms. The summed E-state index contributed by atoms with van der Waals surface area (Å²) in [5.41, 5.74) is 7.54. The highest BCUT2D eigenvalue weighted by atomic mass is 16.5. The van der Waals surface area contributed by atoms with Crippen molar-refractivity contribution in [3.8, 4) is 0 Å². The number of esters is 1. The number of amides is 2. The second kappa shape index (κ2) is 9.52. The van der Waals surface area contributed by atoms with Crippen LogP contribution in [-0.4, -0.2) is 23.9 Å². The Hall–Kier alpha value is -3.15. The zero-order valence-electron chi connectivity index (χ0n) is 15.5. The largest absolute Gasteiger partial charge is 0.454 e. The van der Waals surface area contributed by atoms with Crippen molar-refractivity contribution in [2.45, 2.75) is 38.8 Å². The molecule has 6 nitrogen and oxygen atoms in total. The summed E-state index contributed by atoms with van der Waals surface area (Å²) in [5.74, 6) is -0.867. The first-order valence-electron chi connectivity index (χ1n) is 8.84. The fraction of sp³-hybridized carbons (Fsp3) is 0.286. The van der Waals surface area contributed by atoms with Crippen molar-refractivity contribution in [2.75, 3.05) is 0 Å². The normalized spacial score (nSPS) is 12.7. The lowest BCUT2D eigenvalue weighted by atomic mass is 10.0. The molecule has 2 unspecified atom stereocenters. The van der Waals surface area contributed by atoms with Crippen molar-refractivity contribution in [3.05, 3.63) is 71.3 Å². The molecule has 0 aliphatic rings. The van der Waals surface area contributed by atoms with E-state index in [2.05, 4.69) is 5.32 Å². The van der Waals surface area contributed by atoms with Crippen molar-refractivity contribution in [1.29, 1.82) is 0 Å². The van der Waals surface area contributed by atoms with E-state index < -0.39 is 24.1 Å². The van der Waals surface area contributed by atoms with Crippen molar-refractivity contribution >= 4 is 17.8 Å². The highest BCUT2D eigenvalue weighted by Gasteiger charge is 2.23. The number of primary amides is 1. The van der Waals surface area contributed by atoms with Crippen LogP contribution in [0, 0.1) is 0 Å². The average Bonchev–Trinajstić information content (AvgIpc) is 2.67. The van der Waals surface area contributed by atoms with Gasteiger partial charge in [-0.05, 0) is 24.5 Å². The predicted octanol–water partition coefficient (Wildman–Crippen LogP) is 3.16. The smallest absolute Gasteiger partial charge is 0.312 e. The third-order valence-corrected chi connectivity index (χ3v) is 4.21. The van der Waals surface area contributed by atoms with Gasteiger partial charge in [-0.2, -0.15) is 0 Å². The quantitative estimate of drug-likeness (QED) is 0.552. The molecule has 0 aromatic heterocycles. The number of nitrogens with two attached hydrogens (primary N) is 1. The van der Waals surface area contributed by atoms with Gasteiger partial charge in [0.15, 0.2) is 6.10 Å². The Morgan fingerprint density at radius 3 is 2.22 bits per heavy atom. The third-order valence-electron chi connectivity index (χ3n) is 4.21. The highest BCUT2D eigenvalue weighted by Crippen LogP contribution is 2.18. The van der Waals surface area contributed by atoms with Crippen LogP contribution >= 0.6 is 0 Å². The molecule has 2 rings (SSSR count). The number of rotatable bonds is 8. The van der Waals surface area contributed by atoms with E-state index >= 15 is 0 Å². The summed E-state index contributed by atoms with van der Waals surface area (Å²) in [5, 5.41) is 2.53. The number of aryl methyl sites for hydroxylation is 1. The van der Waals surface area contributed by atoms with Gasteiger partial charge in [0, 0.05) is 5.56 Å². The lowest BCUT2D eigenvalue weighted by Crippen LogP contribution is -2.35. The molecule has 2 amide bonds.